The van der Waals surface area contributed by atoms with Crippen molar-refractivity contribution in [2.45, 2.75) is 25.8 Å². The van der Waals surface area contributed by atoms with Crippen LogP contribution >= 0.6 is 0 Å². The van der Waals surface area contributed by atoms with E-state index in [4.69, 9.17) is 0 Å². The van der Waals surface area contributed by atoms with Crippen LogP contribution in [-0.2, 0) is 4.79 Å². The third-order valence-electron chi connectivity index (χ3n) is 3.13. The molecule has 6 heteroatoms. The van der Waals surface area contributed by atoms with Gasteiger partial charge in [-0.2, -0.15) is 0 Å². The van der Waals surface area contributed by atoms with Crippen molar-refractivity contribution in [3.63, 3.8) is 0 Å². The average molecular weight is 280 g/mol. The van der Waals surface area contributed by atoms with E-state index in [-0.39, 0.29) is 25.0 Å². The molecule has 1 aromatic carbocycles. The van der Waals surface area contributed by atoms with Gasteiger partial charge in [-0.1, -0.05) is 6.92 Å². The van der Waals surface area contributed by atoms with E-state index in [1.807, 2.05) is 0 Å². The number of aliphatic hydroxyl groups is 2. The Morgan fingerprint density at radius 1 is 1.15 bits per heavy atom. The molecule has 6 nitrogen and oxygen atoms in total. The Kier molecular flexibility index (Phi) is 5.66. The number of hydrogen-bond donors (Lipinski definition) is 4. The third kappa shape index (κ3) is 4.04. The van der Waals surface area contributed by atoms with E-state index in [0.717, 1.165) is 0 Å². The number of carbonyl (C=O) groups is 2. The van der Waals surface area contributed by atoms with Gasteiger partial charge in [0, 0.05) is 18.2 Å². The Bertz CT molecular complexity index is 458. The van der Waals surface area contributed by atoms with E-state index >= 15 is 0 Å². The maximum atomic E-state index is 12.0. The number of nitrogens with one attached hydrogen (secondary N) is 2. The molecule has 0 heterocycles. The largest absolute Gasteiger partial charge is 0.394 e. The minimum absolute atomic E-state index is 0.187. The number of benzene rings is 1. The van der Waals surface area contributed by atoms with Crippen molar-refractivity contribution in [2.75, 3.05) is 18.5 Å². The summed E-state index contributed by atoms with van der Waals surface area (Å²) in [5.41, 5.74) is -0.0353. The van der Waals surface area contributed by atoms with Crippen molar-refractivity contribution in [3.05, 3.63) is 29.8 Å². The number of anilines is 1. The van der Waals surface area contributed by atoms with Gasteiger partial charge in [-0.15, -0.1) is 0 Å². The monoisotopic (exact) mass is 280 g/mol. The van der Waals surface area contributed by atoms with Crippen molar-refractivity contribution in [3.8, 4) is 0 Å². The molecule has 0 radical (unpaired) electrons. The van der Waals surface area contributed by atoms with Crippen LogP contribution in [0.15, 0.2) is 24.3 Å². The van der Waals surface area contributed by atoms with Crippen LogP contribution in [0.1, 0.15) is 30.6 Å². The lowest BCUT2D eigenvalue weighted by Crippen LogP contribution is -2.53. The van der Waals surface area contributed by atoms with Gasteiger partial charge in [0.15, 0.2) is 0 Å². The molecule has 0 saturated carbocycles. The van der Waals surface area contributed by atoms with Crippen molar-refractivity contribution in [2.24, 2.45) is 0 Å². The molecule has 0 aromatic heterocycles. The van der Waals surface area contributed by atoms with Crippen LogP contribution < -0.4 is 10.6 Å². The number of aliphatic hydroxyl groups excluding tert-OH is 2. The zero-order valence-corrected chi connectivity index (χ0v) is 11.6. The first-order chi connectivity index (χ1) is 9.46. The second kappa shape index (κ2) is 7.02. The number of carbonyl (C=O) groups excluding carboxylic acids is 2. The van der Waals surface area contributed by atoms with Gasteiger partial charge < -0.3 is 20.8 Å². The molecule has 2 amide bonds. The smallest absolute Gasteiger partial charge is 0.251 e. The molecule has 110 valence electrons. The summed E-state index contributed by atoms with van der Waals surface area (Å²) in [7, 11) is 0. The van der Waals surface area contributed by atoms with Gasteiger partial charge in [0.25, 0.3) is 5.91 Å². The van der Waals surface area contributed by atoms with Crippen LogP contribution in [-0.4, -0.2) is 40.8 Å². The maximum Gasteiger partial charge on any atom is 0.251 e. The molecule has 0 unspecified atom stereocenters. The Morgan fingerprint density at radius 2 is 1.70 bits per heavy atom. The highest BCUT2D eigenvalue weighted by Gasteiger charge is 2.28. The summed E-state index contributed by atoms with van der Waals surface area (Å²) >= 11 is 0. The Balaban J connectivity index is 2.79. The highest BCUT2D eigenvalue weighted by molar-refractivity contribution is 5.95. The van der Waals surface area contributed by atoms with E-state index in [9.17, 15) is 19.8 Å². The van der Waals surface area contributed by atoms with Crippen LogP contribution in [0, 0.1) is 0 Å². The van der Waals surface area contributed by atoms with Crippen molar-refractivity contribution < 1.29 is 19.8 Å². The number of amides is 2. The molecule has 1 aromatic rings. The summed E-state index contributed by atoms with van der Waals surface area (Å²) < 4.78 is 0. The molecular weight excluding hydrogens is 260 g/mol. The van der Waals surface area contributed by atoms with Crippen LogP contribution in [0.4, 0.5) is 5.69 Å². The van der Waals surface area contributed by atoms with Gasteiger partial charge in [-0.25, -0.2) is 0 Å². The quantitative estimate of drug-likeness (QED) is 0.610. The highest BCUT2D eigenvalue weighted by Crippen LogP contribution is 2.13. The topological polar surface area (TPSA) is 98.7 Å². The summed E-state index contributed by atoms with van der Waals surface area (Å²) in [5.74, 6) is -0.572. The summed E-state index contributed by atoms with van der Waals surface area (Å²) in [6.07, 6.45) is 0.412. The Labute approximate surface area is 117 Å². The predicted molar refractivity (Wildman–Crippen MR) is 75.4 cm³/mol. The van der Waals surface area contributed by atoms with Crippen molar-refractivity contribution in [1.29, 1.82) is 0 Å². The summed E-state index contributed by atoms with van der Waals surface area (Å²) in [5, 5.41) is 23.8. The first kappa shape index (κ1) is 16.1. The van der Waals surface area contributed by atoms with Crippen LogP contribution in [0.25, 0.3) is 0 Å². The lowest BCUT2D eigenvalue weighted by molar-refractivity contribution is -0.114. The van der Waals surface area contributed by atoms with E-state index in [0.29, 0.717) is 17.7 Å². The summed E-state index contributed by atoms with van der Waals surface area (Å²) in [6.45, 7) is 2.50. The molecule has 0 aliphatic heterocycles. The molecule has 0 saturated heterocycles. The fourth-order valence-electron chi connectivity index (χ4n) is 1.66. The Hall–Kier alpha value is -1.92. The van der Waals surface area contributed by atoms with E-state index < -0.39 is 5.54 Å². The molecule has 0 spiro atoms. The van der Waals surface area contributed by atoms with E-state index in [1.54, 1.807) is 31.2 Å². The molecular formula is C14H20N2O4. The van der Waals surface area contributed by atoms with Gasteiger partial charge in [0.05, 0.1) is 18.8 Å². The fraction of sp³-hybridized carbons (Fsp3) is 0.429. The van der Waals surface area contributed by atoms with Crippen LogP contribution in [0.5, 0.6) is 0 Å². The molecule has 0 aliphatic carbocycles. The zero-order chi connectivity index (χ0) is 15.2. The zero-order valence-electron chi connectivity index (χ0n) is 11.6. The molecule has 0 aliphatic rings. The molecule has 0 bridgehead atoms. The van der Waals surface area contributed by atoms with Crippen molar-refractivity contribution >= 4 is 17.5 Å². The van der Waals surface area contributed by atoms with Gasteiger partial charge in [-0.05, 0) is 30.7 Å². The number of hydrogen-bond acceptors (Lipinski definition) is 4. The van der Waals surface area contributed by atoms with E-state index in [1.165, 1.54) is 6.92 Å². The third-order valence-corrected chi connectivity index (χ3v) is 3.13. The molecule has 20 heavy (non-hydrogen) atoms. The first-order valence-electron chi connectivity index (χ1n) is 6.38. The minimum atomic E-state index is -1.02. The lowest BCUT2D eigenvalue weighted by Gasteiger charge is -2.29. The lowest BCUT2D eigenvalue weighted by atomic mass is 9.98. The highest BCUT2D eigenvalue weighted by atomic mass is 16.3. The summed E-state index contributed by atoms with van der Waals surface area (Å²) in [6, 6.07) is 6.36. The normalized spacial score (nSPS) is 11.0. The molecule has 0 fully saturated rings. The standard InChI is InChI=1S/C14H20N2O4/c1-3-14(8-17,9-18)16-13(20)11-4-6-12(7-5-11)15-10(2)19/h4-7,17-18H,3,8-9H2,1-2H3,(H,15,19)(H,16,20). The minimum Gasteiger partial charge on any atom is -0.394 e. The first-order valence-corrected chi connectivity index (χ1v) is 6.38. The maximum absolute atomic E-state index is 12.0. The SMILES string of the molecule is CCC(CO)(CO)NC(=O)c1ccc(NC(C)=O)cc1. The van der Waals surface area contributed by atoms with Gasteiger partial charge >= 0.3 is 0 Å². The number of rotatable bonds is 6. The van der Waals surface area contributed by atoms with Crippen molar-refractivity contribution in [1.82, 2.24) is 5.32 Å². The second-order valence-electron chi connectivity index (χ2n) is 4.66. The second-order valence-corrected chi connectivity index (χ2v) is 4.66. The van der Waals surface area contributed by atoms with Gasteiger partial charge in [0.2, 0.25) is 5.91 Å². The predicted octanol–water partition coefficient (Wildman–Crippen LogP) is 0.508. The van der Waals surface area contributed by atoms with Gasteiger partial charge in [0.1, 0.15) is 0 Å². The van der Waals surface area contributed by atoms with Crippen LogP contribution in [0.3, 0.4) is 0 Å². The Morgan fingerprint density at radius 3 is 2.10 bits per heavy atom. The van der Waals surface area contributed by atoms with Gasteiger partial charge in [-0.3, -0.25) is 9.59 Å². The van der Waals surface area contributed by atoms with Crippen LogP contribution in [0.2, 0.25) is 0 Å². The molecule has 0 atom stereocenters. The average Bonchev–Trinajstić information content (AvgIpc) is 2.45. The fourth-order valence-corrected chi connectivity index (χ4v) is 1.66. The molecule has 4 N–H and O–H groups in total. The molecule has 1 rings (SSSR count). The summed E-state index contributed by atoms with van der Waals surface area (Å²) in [4.78, 5) is 22.9. The van der Waals surface area contributed by atoms with E-state index in [2.05, 4.69) is 10.6 Å².